The molecule has 1 aromatic carbocycles. The van der Waals surface area contributed by atoms with Gasteiger partial charge in [0.25, 0.3) is 0 Å². The van der Waals surface area contributed by atoms with Gasteiger partial charge in [0.1, 0.15) is 11.3 Å². The molecule has 2 aromatic heterocycles. The van der Waals surface area contributed by atoms with Crippen molar-refractivity contribution in [2.45, 2.75) is 20.0 Å². The van der Waals surface area contributed by atoms with Crippen LogP contribution in [-0.4, -0.2) is 32.7 Å². The molecule has 0 atom stereocenters. The van der Waals surface area contributed by atoms with Crippen LogP contribution in [0.4, 0.5) is 18.9 Å². The number of aromatic hydroxyl groups is 2. The molecular formula is C20H15F3N2O7. The van der Waals surface area contributed by atoms with E-state index in [-0.39, 0.29) is 40.3 Å². The number of carbonyl (C=O) groups excluding carboxylic acids is 1. The molecule has 32 heavy (non-hydrogen) atoms. The van der Waals surface area contributed by atoms with E-state index in [0.29, 0.717) is 0 Å². The normalized spacial score (nSPS) is 11.4. The van der Waals surface area contributed by atoms with Gasteiger partial charge in [-0.1, -0.05) is 0 Å². The number of alkyl halides is 3. The Kier molecular flexibility index (Phi) is 5.80. The SMILES string of the molecule is CCOC(=O)c1c(-c2cc(O)c(O)c([N+](=O)[O-])c2)coc1-c1ccc(C(F)(F)F)nc1C. The molecular weight excluding hydrogens is 437 g/mol. The van der Waals surface area contributed by atoms with Gasteiger partial charge < -0.3 is 19.4 Å². The van der Waals surface area contributed by atoms with E-state index in [2.05, 4.69) is 4.98 Å². The Morgan fingerprint density at radius 2 is 1.94 bits per heavy atom. The van der Waals surface area contributed by atoms with E-state index in [1.165, 1.54) is 13.8 Å². The standard InChI is InChI=1S/C20H15F3N2O7/c1-3-31-19(28)16-12(10-6-13(25(29)30)17(27)14(26)7-10)8-32-18(16)11-4-5-15(20(21,22)23)24-9(11)2/h4-8,26-27H,3H2,1-2H3. The fourth-order valence-electron chi connectivity index (χ4n) is 3.03. The number of pyridine rings is 1. The lowest BCUT2D eigenvalue weighted by molar-refractivity contribution is -0.385. The molecule has 0 fully saturated rings. The van der Waals surface area contributed by atoms with Crippen molar-refractivity contribution in [2.24, 2.45) is 0 Å². The van der Waals surface area contributed by atoms with Crippen LogP contribution < -0.4 is 0 Å². The Balaban J connectivity index is 2.25. The predicted octanol–water partition coefficient (Wildman–Crippen LogP) is 4.83. The van der Waals surface area contributed by atoms with Gasteiger partial charge in [-0.3, -0.25) is 10.1 Å². The monoisotopic (exact) mass is 452 g/mol. The number of halogens is 3. The van der Waals surface area contributed by atoms with Crippen LogP contribution in [0.15, 0.2) is 34.9 Å². The first-order valence-corrected chi connectivity index (χ1v) is 9.00. The van der Waals surface area contributed by atoms with Gasteiger partial charge in [0.15, 0.2) is 11.5 Å². The smallest absolute Gasteiger partial charge is 0.433 e. The summed E-state index contributed by atoms with van der Waals surface area (Å²) in [6.07, 6.45) is -3.64. The first kappa shape index (κ1) is 22.6. The number of furan rings is 1. The van der Waals surface area contributed by atoms with E-state index < -0.39 is 39.9 Å². The number of ether oxygens (including phenoxy) is 1. The molecule has 0 unspecified atom stereocenters. The van der Waals surface area contributed by atoms with Crippen LogP contribution in [0, 0.1) is 17.0 Å². The highest BCUT2D eigenvalue weighted by Gasteiger charge is 2.34. The predicted molar refractivity (Wildman–Crippen MR) is 103 cm³/mol. The summed E-state index contributed by atoms with van der Waals surface area (Å²) in [5.41, 5.74) is -2.35. The van der Waals surface area contributed by atoms with Crippen molar-refractivity contribution in [3.8, 4) is 33.9 Å². The summed E-state index contributed by atoms with van der Waals surface area (Å²) < 4.78 is 49.3. The zero-order chi connectivity index (χ0) is 23.8. The number of phenols is 2. The summed E-state index contributed by atoms with van der Waals surface area (Å²) in [5.74, 6) is -2.88. The van der Waals surface area contributed by atoms with Crippen molar-refractivity contribution in [3.05, 3.63) is 57.6 Å². The van der Waals surface area contributed by atoms with Gasteiger partial charge in [-0.15, -0.1) is 0 Å². The number of hydrogen-bond acceptors (Lipinski definition) is 8. The van der Waals surface area contributed by atoms with Crippen LogP contribution in [0.3, 0.4) is 0 Å². The largest absolute Gasteiger partial charge is 0.504 e. The summed E-state index contributed by atoms with van der Waals surface area (Å²) in [5, 5.41) is 30.8. The van der Waals surface area contributed by atoms with E-state index in [4.69, 9.17) is 9.15 Å². The zero-order valence-electron chi connectivity index (χ0n) is 16.6. The number of nitro groups is 1. The minimum absolute atomic E-state index is 0.0452. The highest BCUT2D eigenvalue weighted by molar-refractivity contribution is 6.03. The molecule has 168 valence electrons. The average Bonchev–Trinajstić information content (AvgIpc) is 3.14. The average molecular weight is 452 g/mol. The summed E-state index contributed by atoms with van der Waals surface area (Å²) in [7, 11) is 0. The number of hydrogen-bond donors (Lipinski definition) is 2. The molecule has 0 aliphatic heterocycles. The summed E-state index contributed by atoms with van der Waals surface area (Å²) >= 11 is 0. The fourth-order valence-corrected chi connectivity index (χ4v) is 3.03. The molecule has 0 aliphatic rings. The van der Waals surface area contributed by atoms with Crippen molar-refractivity contribution in [1.82, 2.24) is 4.98 Å². The Labute approximate surface area is 177 Å². The van der Waals surface area contributed by atoms with E-state index in [0.717, 1.165) is 30.5 Å². The molecule has 3 aromatic rings. The van der Waals surface area contributed by atoms with Gasteiger partial charge in [0, 0.05) is 22.9 Å². The topological polar surface area (TPSA) is 136 Å². The number of aromatic nitrogens is 1. The second kappa shape index (κ2) is 8.21. The van der Waals surface area contributed by atoms with Crippen molar-refractivity contribution < 1.29 is 42.3 Å². The number of esters is 1. The van der Waals surface area contributed by atoms with Crippen molar-refractivity contribution >= 4 is 11.7 Å². The lowest BCUT2D eigenvalue weighted by Gasteiger charge is -2.11. The van der Waals surface area contributed by atoms with Crippen molar-refractivity contribution in [2.75, 3.05) is 6.61 Å². The number of carbonyl (C=O) groups is 1. The lowest BCUT2D eigenvalue weighted by Crippen LogP contribution is -2.10. The fraction of sp³-hybridized carbons (Fsp3) is 0.200. The van der Waals surface area contributed by atoms with Crippen molar-refractivity contribution in [3.63, 3.8) is 0 Å². The summed E-state index contributed by atoms with van der Waals surface area (Å²) in [4.78, 5) is 26.4. The molecule has 0 aliphatic carbocycles. The maximum absolute atomic E-state index is 12.9. The third kappa shape index (κ3) is 4.06. The molecule has 12 heteroatoms. The van der Waals surface area contributed by atoms with Gasteiger partial charge >= 0.3 is 17.8 Å². The molecule has 0 spiro atoms. The third-order valence-electron chi connectivity index (χ3n) is 4.47. The summed E-state index contributed by atoms with van der Waals surface area (Å²) in [6, 6.07) is 3.67. The Bertz CT molecular complexity index is 1220. The second-order valence-electron chi connectivity index (χ2n) is 6.52. The quantitative estimate of drug-likeness (QED) is 0.243. The van der Waals surface area contributed by atoms with Gasteiger partial charge in [0.2, 0.25) is 5.75 Å². The van der Waals surface area contributed by atoms with E-state index >= 15 is 0 Å². The van der Waals surface area contributed by atoms with Crippen LogP contribution in [-0.2, 0) is 10.9 Å². The minimum atomic E-state index is -4.68. The first-order valence-electron chi connectivity index (χ1n) is 9.00. The van der Waals surface area contributed by atoms with Crippen LogP contribution in [0.2, 0.25) is 0 Å². The van der Waals surface area contributed by atoms with Crippen LogP contribution in [0.1, 0.15) is 28.7 Å². The second-order valence-corrected chi connectivity index (χ2v) is 6.52. The van der Waals surface area contributed by atoms with E-state index in [9.17, 15) is 38.3 Å². The Hall–Kier alpha value is -4.09. The molecule has 9 nitrogen and oxygen atoms in total. The maximum atomic E-state index is 12.9. The first-order chi connectivity index (χ1) is 15.0. The van der Waals surface area contributed by atoms with E-state index in [1.807, 2.05) is 0 Å². The molecule has 0 amide bonds. The van der Waals surface area contributed by atoms with Crippen molar-refractivity contribution in [1.29, 1.82) is 0 Å². The highest BCUT2D eigenvalue weighted by atomic mass is 19.4. The molecule has 3 rings (SSSR count). The van der Waals surface area contributed by atoms with Crippen LogP contribution >= 0.6 is 0 Å². The Morgan fingerprint density at radius 1 is 1.25 bits per heavy atom. The number of rotatable bonds is 5. The molecule has 0 radical (unpaired) electrons. The molecule has 0 saturated carbocycles. The highest BCUT2D eigenvalue weighted by Crippen LogP contribution is 2.43. The van der Waals surface area contributed by atoms with Crippen LogP contribution in [0.5, 0.6) is 11.5 Å². The lowest BCUT2D eigenvalue weighted by atomic mass is 9.98. The van der Waals surface area contributed by atoms with Gasteiger partial charge in [0.05, 0.1) is 17.8 Å². The minimum Gasteiger partial charge on any atom is -0.504 e. The number of benzene rings is 1. The molecule has 2 heterocycles. The van der Waals surface area contributed by atoms with Gasteiger partial charge in [-0.2, -0.15) is 13.2 Å². The van der Waals surface area contributed by atoms with Gasteiger partial charge in [-0.25, -0.2) is 9.78 Å². The molecule has 0 saturated heterocycles. The van der Waals surface area contributed by atoms with Crippen LogP contribution in [0.25, 0.3) is 22.5 Å². The molecule has 0 bridgehead atoms. The third-order valence-corrected chi connectivity index (χ3v) is 4.47. The number of aryl methyl sites for hydroxylation is 1. The van der Waals surface area contributed by atoms with E-state index in [1.54, 1.807) is 0 Å². The maximum Gasteiger partial charge on any atom is 0.433 e. The Morgan fingerprint density at radius 3 is 2.50 bits per heavy atom. The van der Waals surface area contributed by atoms with Gasteiger partial charge in [-0.05, 0) is 37.6 Å². The molecule has 2 N–H and O–H groups in total. The number of nitro benzene ring substituents is 1. The summed E-state index contributed by atoms with van der Waals surface area (Å²) in [6.45, 7) is 2.77. The number of phenolic OH excluding ortho intramolecular Hbond substituents is 2. The number of nitrogens with zero attached hydrogens (tertiary/aromatic N) is 2. The zero-order valence-corrected chi connectivity index (χ0v) is 16.6.